The molecule has 0 saturated carbocycles. The maximum absolute atomic E-state index is 13.4. The van der Waals surface area contributed by atoms with Crippen LogP contribution in [0.2, 0.25) is 0 Å². The van der Waals surface area contributed by atoms with Gasteiger partial charge in [-0.1, -0.05) is 54.6 Å². The Labute approximate surface area is 200 Å². The van der Waals surface area contributed by atoms with Gasteiger partial charge in [0.1, 0.15) is 17.9 Å². The van der Waals surface area contributed by atoms with Crippen LogP contribution < -0.4 is 15.8 Å². The molecule has 3 rings (SSSR count). The number of sulfonamides is 1. The molecule has 0 radical (unpaired) electrons. The molecule has 3 atom stereocenters. The van der Waals surface area contributed by atoms with E-state index < -0.39 is 28.0 Å². The Morgan fingerprint density at radius 2 is 1.79 bits per heavy atom. The summed E-state index contributed by atoms with van der Waals surface area (Å²) in [6.07, 6.45) is 2.37. The number of amides is 2. The molecule has 9 nitrogen and oxygen atoms in total. The Balaban J connectivity index is 1.72. The van der Waals surface area contributed by atoms with Gasteiger partial charge in [-0.2, -0.15) is 0 Å². The number of nitrogens with zero attached hydrogens (tertiary/aromatic N) is 1. The monoisotopic (exact) mass is 485 g/mol. The second kappa shape index (κ2) is 10.8. The van der Waals surface area contributed by atoms with Crippen LogP contribution in [0.4, 0.5) is 0 Å². The van der Waals surface area contributed by atoms with E-state index in [9.17, 15) is 18.0 Å². The molecule has 2 amide bonds. The smallest absolute Gasteiger partial charge is 0.243 e. The lowest BCUT2D eigenvalue weighted by molar-refractivity contribution is -0.139. The summed E-state index contributed by atoms with van der Waals surface area (Å²) in [6, 6.07) is 14.2. The average molecular weight is 486 g/mol. The first kappa shape index (κ1) is 25.4. The molecule has 2 aromatic rings. The highest BCUT2D eigenvalue weighted by Gasteiger charge is 2.38. The van der Waals surface area contributed by atoms with E-state index in [1.165, 1.54) is 4.90 Å². The molecule has 1 heterocycles. The van der Waals surface area contributed by atoms with Gasteiger partial charge in [-0.25, -0.2) is 13.1 Å². The SMILES string of the molecule is CC(NC(=O)[C@@H]1CCCN1C(=O)[C@H](Cc1ccccc1)NS(C)(=O)=O)c1ccc(C(=N)N)cc1. The molecule has 10 heteroatoms. The fraction of sp³-hybridized carbons (Fsp3) is 0.375. The molecule has 0 aromatic heterocycles. The molecular weight excluding hydrogens is 454 g/mol. The number of nitrogen functional groups attached to an aromatic ring is 1. The van der Waals surface area contributed by atoms with Gasteiger partial charge in [-0.15, -0.1) is 0 Å². The highest BCUT2D eigenvalue weighted by Crippen LogP contribution is 2.22. The number of carbonyl (C=O) groups excluding carboxylic acids is 2. The molecule has 2 aromatic carbocycles. The zero-order chi connectivity index (χ0) is 24.9. The standard InChI is InChI=1S/C24H31N5O4S/c1-16(18-10-12-19(13-11-18)22(25)26)27-23(30)21-9-6-14-29(21)24(31)20(28-34(2,32)33)15-17-7-4-3-5-8-17/h3-5,7-8,10-13,16,20-21,28H,6,9,14-15H2,1-2H3,(H3,25,26)(H,27,30)/t16?,20-,21-/m0/s1. The summed E-state index contributed by atoms with van der Waals surface area (Å²) in [6.45, 7) is 2.22. The van der Waals surface area contributed by atoms with Crippen LogP contribution in [0.5, 0.6) is 0 Å². The summed E-state index contributed by atoms with van der Waals surface area (Å²) in [5.41, 5.74) is 7.75. The number of rotatable bonds is 9. The maximum Gasteiger partial charge on any atom is 0.243 e. The minimum Gasteiger partial charge on any atom is -0.384 e. The Morgan fingerprint density at radius 3 is 2.38 bits per heavy atom. The minimum absolute atomic E-state index is 0.0314. The zero-order valence-corrected chi connectivity index (χ0v) is 20.1. The third-order valence-electron chi connectivity index (χ3n) is 5.86. The van der Waals surface area contributed by atoms with Gasteiger partial charge in [0.2, 0.25) is 21.8 Å². The fourth-order valence-electron chi connectivity index (χ4n) is 4.14. The van der Waals surface area contributed by atoms with Gasteiger partial charge in [0.05, 0.1) is 12.3 Å². The lowest BCUT2D eigenvalue weighted by Crippen LogP contribution is -2.54. The van der Waals surface area contributed by atoms with Gasteiger partial charge >= 0.3 is 0 Å². The van der Waals surface area contributed by atoms with E-state index in [0.29, 0.717) is 24.9 Å². The van der Waals surface area contributed by atoms with Gasteiger partial charge in [-0.3, -0.25) is 15.0 Å². The molecule has 1 aliphatic heterocycles. The third kappa shape index (κ3) is 6.64. The van der Waals surface area contributed by atoms with Crippen molar-refractivity contribution in [1.82, 2.24) is 14.9 Å². The Hall–Kier alpha value is -3.24. The van der Waals surface area contributed by atoms with Crippen LogP contribution in [0.15, 0.2) is 54.6 Å². The molecule has 0 spiro atoms. The molecule has 1 saturated heterocycles. The van der Waals surface area contributed by atoms with Crippen LogP contribution in [-0.4, -0.2) is 55.9 Å². The number of hydrogen-bond donors (Lipinski definition) is 4. The van der Waals surface area contributed by atoms with Gasteiger partial charge in [0.25, 0.3) is 0 Å². The van der Waals surface area contributed by atoms with Crippen molar-refractivity contribution in [2.45, 2.75) is 44.3 Å². The second-order valence-electron chi connectivity index (χ2n) is 8.59. The lowest BCUT2D eigenvalue weighted by Gasteiger charge is -2.29. The number of likely N-dealkylation sites (tertiary alicyclic amines) is 1. The van der Waals surface area contributed by atoms with Crippen molar-refractivity contribution in [3.8, 4) is 0 Å². The molecule has 1 unspecified atom stereocenters. The molecule has 1 fully saturated rings. The summed E-state index contributed by atoms with van der Waals surface area (Å²) in [5, 5.41) is 10.4. The fourth-order valence-corrected chi connectivity index (χ4v) is 4.84. The number of amidine groups is 1. The van der Waals surface area contributed by atoms with Crippen molar-refractivity contribution < 1.29 is 18.0 Å². The Kier molecular flexibility index (Phi) is 8.06. The van der Waals surface area contributed by atoms with Crippen molar-refractivity contribution in [2.75, 3.05) is 12.8 Å². The van der Waals surface area contributed by atoms with Gasteiger partial charge in [0.15, 0.2) is 0 Å². The molecular formula is C24H31N5O4S. The highest BCUT2D eigenvalue weighted by atomic mass is 32.2. The summed E-state index contributed by atoms with van der Waals surface area (Å²) >= 11 is 0. The maximum atomic E-state index is 13.4. The van der Waals surface area contributed by atoms with Crippen LogP contribution in [-0.2, 0) is 26.0 Å². The molecule has 5 N–H and O–H groups in total. The molecule has 34 heavy (non-hydrogen) atoms. The summed E-state index contributed by atoms with van der Waals surface area (Å²) in [5.74, 6) is -0.728. The van der Waals surface area contributed by atoms with E-state index in [1.54, 1.807) is 24.3 Å². The van der Waals surface area contributed by atoms with Crippen molar-refractivity contribution in [2.24, 2.45) is 5.73 Å². The predicted molar refractivity (Wildman–Crippen MR) is 131 cm³/mol. The summed E-state index contributed by atoms with van der Waals surface area (Å²) in [7, 11) is -3.64. The van der Waals surface area contributed by atoms with Crippen LogP contribution in [0, 0.1) is 5.41 Å². The van der Waals surface area contributed by atoms with Gasteiger partial charge in [0, 0.05) is 12.1 Å². The van der Waals surface area contributed by atoms with E-state index in [0.717, 1.165) is 17.4 Å². The van der Waals surface area contributed by atoms with Crippen molar-refractivity contribution in [3.05, 3.63) is 71.3 Å². The van der Waals surface area contributed by atoms with E-state index in [4.69, 9.17) is 11.1 Å². The number of benzene rings is 2. The van der Waals surface area contributed by atoms with Gasteiger partial charge < -0.3 is 16.0 Å². The zero-order valence-electron chi connectivity index (χ0n) is 19.3. The van der Waals surface area contributed by atoms with E-state index >= 15 is 0 Å². The number of hydrogen-bond acceptors (Lipinski definition) is 5. The number of carbonyl (C=O) groups is 2. The molecule has 0 bridgehead atoms. The molecule has 0 aliphatic carbocycles. The third-order valence-corrected chi connectivity index (χ3v) is 6.57. The van der Waals surface area contributed by atoms with Gasteiger partial charge in [-0.05, 0) is 37.3 Å². The first-order valence-corrected chi connectivity index (χ1v) is 13.0. The van der Waals surface area contributed by atoms with Crippen LogP contribution in [0.3, 0.4) is 0 Å². The summed E-state index contributed by atoms with van der Waals surface area (Å²) < 4.78 is 26.3. The highest BCUT2D eigenvalue weighted by molar-refractivity contribution is 7.88. The van der Waals surface area contributed by atoms with Crippen molar-refractivity contribution >= 4 is 27.7 Å². The predicted octanol–water partition coefficient (Wildman–Crippen LogP) is 1.30. The van der Waals surface area contributed by atoms with Crippen molar-refractivity contribution in [3.63, 3.8) is 0 Å². The number of nitrogens with one attached hydrogen (secondary N) is 3. The Morgan fingerprint density at radius 1 is 1.15 bits per heavy atom. The Bertz CT molecular complexity index is 1140. The normalized spacial score (nSPS) is 17.7. The average Bonchev–Trinajstić information content (AvgIpc) is 3.28. The lowest BCUT2D eigenvalue weighted by atomic mass is 10.0. The number of nitrogens with two attached hydrogens (primary N) is 1. The largest absolute Gasteiger partial charge is 0.384 e. The second-order valence-corrected chi connectivity index (χ2v) is 10.4. The van der Waals surface area contributed by atoms with Crippen LogP contribution in [0.25, 0.3) is 0 Å². The first-order valence-electron chi connectivity index (χ1n) is 11.1. The van der Waals surface area contributed by atoms with E-state index in [2.05, 4.69) is 10.0 Å². The van der Waals surface area contributed by atoms with Crippen LogP contribution >= 0.6 is 0 Å². The van der Waals surface area contributed by atoms with E-state index in [-0.39, 0.29) is 24.2 Å². The van der Waals surface area contributed by atoms with Crippen molar-refractivity contribution in [1.29, 1.82) is 5.41 Å². The molecule has 1 aliphatic rings. The van der Waals surface area contributed by atoms with E-state index in [1.807, 2.05) is 37.3 Å². The topological polar surface area (TPSA) is 145 Å². The summed E-state index contributed by atoms with van der Waals surface area (Å²) in [4.78, 5) is 28.0. The molecule has 182 valence electrons. The first-order chi connectivity index (χ1) is 16.0. The minimum atomic E-state index is -3.64. The van der Waals surface area contributed by atoms with Crippen LogP contribution in [0.1, 0.15) is 42.5 Å². The quantitative estimate of drug-likeness (QED) is 0.312.